The summed E-state index contributed by atoms with van der Waals surface area (Å²) in [6.07, 6.45) is 0. The third-order valence-electron chi connectivity index (χ3n) is 1.63. The van der Waals surface area contributed by atoms with Gasteiger partial charge in [-0.05, 0) is 24.3 Å². The largest absolute Gasteiger partial charge is 0.351 e. The summed E-state index contributed by atoms with van der Waals surface area (Å²) in [4.78, 5) is 12.2. The van der Waals surface area contributed by atoms with Crippen molar-refractivity contribution in [3.8, 4) is 6.07 Å². The van der Waals surface area contributed by atoms with Crippen molar-refractivity contribution in [2.45, 2.75) is 0 Å². The smallest absolute Gasteiger partial charge is 0.320 e. The van der Waals surface area contributed by atoms with Gasteiger partial charge < -0.3 is 5.73 Å². The van der Waals surface area contributed by atoms with Crippen molar-refractivity contribution >= 4 is 27.6 Å². The first-order chi connectivity index (χ1) is 6.65. The summed E-state index contributed by atoms with van der Waals surface area (Å²) in [5.74, 6) is 0. The van der Waals surface area contributed by atoms with Crippen molar-refractivity contribution in [1.29, 1.82) is 5.26 Å². The molecule has 2 N–H and O–H groups in total. The van der Waals surface area contributed by atoms with Crippen LogP contribution in [0.3, 0.4) is 0 Å². The Morgan fingerprint density at radius 2 is 2.07 bits per heavy atom. The first-order valence-electron chi connectivity index (χ1n) is 3.84. The van der Waals surface area contributed by atoms with Crippen molar-refractivity contribution in [1.82, 2.24) is 0 Å². The predicted molar refractivity (Wildman–Crippen MR) is 56.7 cm³/mol. The fourth-order valence-electron chi connectivity index (χ4n) is 0.988. The van der Waals surface area contributed by atoms with Crippen molar-refractivity contribution in [2.24, 2.45) is 5.73 Å². The van der Waals surface area contributed by atoms with Gasteiger partial charge in [-0.2, -0.15) is 5.26 Å². The van der Waals surface area contributed by atoms with Crippen LogP contribution in [0.2, 0.25) is 0 Å². The molecule has 0 aromatic heterocycles. The summed E-state index contributed by atoms with van der Waals surface area (Å²) < 4.78 is 0.905. The Morgan fingerprint density at radius 1 is 1.50 bits per heavy atom. The number of nitrogens with two attached hydrogens (primary N) is 1. The highest BCUT2D eigenvalue weighted by Crippen LogP contribution is 2.17. The lowest BCUT2D eigenvalue weighted by Gasteiger charge is -2.16. The zero-order chi connectivity index (χ0) is 10.6. The first-order valence-corrected chi connectivity index (χ1v) is 4.64. The van der Waals surface area contributed by atoms with Gasteiger partial charge in [0.25, 0.3) is 0 Å². The molecule has 0 aliphatic heterocycles. The number of rotatable bonds is 2. The number of carbonyl (C=O) groups is 1. The molecule has 5 heteroatoms. The van der Waals surface area contributed by atoms with Crippen molar-refractivity contribution < 1.29 is 4.79 Å². The molecule has 0 saturated carbocycles. The van der Waals surface area contributed by atoms with E-state index in [1.54, 1.807) is 24.3 Å². The summed E-state index contributed by atoms with van der Waals surface area (Å²) in [6, 6.07) is 8.23. The number of hydrogen-bond acceptors (Lipinski definition) is 2. The normalized spacial score (nSPS) is 9.14. The molecule has 72 valence electrons. The second kappa shape index (κ2) is 4.63. The molecule has 0 bridgehead atoms. The van der Waals surface area contributed by atoms with Gasteiger partial charge >= 0.3 is 6.03 Å². The minimum absolute atomic E-state index is 0.0447. The highest BCUT2D eigenvalue weighted by molar-refractivity contribution is 9.10. The molecule has 1 aromatic carbocycles. The van der Waals surface area contributed by atoms with E-state index in [1.165, 1.54) is 4.90 Å². The number of halogens is 1. The third-order valence-corrected chi connectivity index (χ3v) is 2.16. The summed E-state index contributed by atoms with van der Waals surface area (Å²) in [7, 11) is 0. The van der Waals surface area contributed by atoms with E-state index in [2.05, 4.69) is 15.9 Å². The lowest BCUT2D eigenvalue weighted by atomic mass is 10.3. The van der Waals surface area contributed by atoms with Crippen LogP contribution in [0.25, 0.3) is 0 Å². The fourth-order valence-corrected chi connectivity index (χ4v) is 1.25. The molecular weight excluding hydrogens is 246 g/mol. The van der Waals surface area contributed by atoms with E-state index in [-0.39, 0.29) is 6.54 Å². The summed E-state index contributed by atoms with van der Waals surface area (Å²) in [6.45, 7) is -0.0447. The van der Waals surface area contributed by atoms with E-state index in [9.17, 15) is 4.79 Å². The molecule has 4 nitrogen and oxygen atoms in total. The summed E-state index contributed by atoms with van der Waals surface area (Å²) in [5, 5.41) is 8.49. The van der Waals surface area contributed by atoms with Crippen LogP contribution in [0.4, 0.5) is 10.5 Å². The molecule has 0 spiro atoms. The molecule has 0 fully saturated rings. The zero-order valence-corrected chi connectivity index (χ0v) is 8.86. The topological polar surface area (TPSA) is 70.1 Å². The Balaban J connectivity index is 2.95. The average Bonchev–Trinajstić information content (AvgIpc) is 2.15. The second-order valence-electron chi connectivity index (χ2n) is 2.56. The van der Waals surface area contributed by atoms with E-state index < -0.39 is 6.03 Å². The van der Waals surface area contributed by atoms with Crippen LogP contribution >= 0.6 is 15.9 Å². The van der Waals surface area contributed by atoms with Crippen LogP contribution < -0.4 is 10.6 Å². The van der Waals surface area contributed by atoms with E-state index in [0.717, 1.165) is 4.47 Å². The van der Waals surface area contributed by atoms with Crippen LogP contribution in [0.1, 0.15) is 0 Å². The number of hydrogen-bond donors (Lipinski definition) is 1. The van der Waals surface area contributed by atoms with Gasteiger partial charge in [-0.25, -0.2) is 4.79 Å². The molecule has 14 heavy (non-hydrogen) atoms. The second-order valence-corrected chi connectivity index (χ2v) is 3.47. The molecule has 2 amide bonds. The van der Waals surface area contributed by atoms with Gasteiger partial charge in [0.05, 0.1) is 6.07 Å². The maximum Gasteiger partial charge on any atom is 0.320 e. The molecular formula is C9H8BrN3O. The van der Waals surface area contributed by atoms with Crippen LogP contribution in [-0.4, -0.2) is 12.6 Å². The van der Waals surface area contributed by atoms with Crippen LogP contribution in [-0.2, 0) is 0 Å². The number of benzene rings is 1. The zero-order valence-electron chi connectivity index (χ0n) is 7.27. The standard InChI is InChI=1S/C9H8BrN3O/c10-7-1-3-8(4-2-7)13(6-5-11)9(12)14/h1-4H,6H2,(H2,12,14). The van der Waals surface area contributed by atoms with Gasteiger partial charge in [-0.3, -0.25) is 4.90 Å². The highest BCUT2D eigenvalue weighted by atomic mass is 79.9. The van der Waals surface area contributed by atoms with E-state index in [4.69, 9.17) is 11.0 Å². The molecule has 0 radical (unpaired) electrons. The van der Waals surface area contributed by atoms with Gasteiger partial charge in [0.2, 0.25) is 0 Å². The summed E-state index contributed by atoms with van der Waals surface area (Å²) in [5.41, 5.74) is 5.73. The van der Waals surface area contributed by atoms with Crippen LogP contribution in [0, 0.1) is 11.3 Å². The predicted octanol–water partition coefficient (Wildman–Crippen LogP) is 1.86. The Morgan fingerprint density at radius 3 is 2.50 bits per heavy atom. The lowest BCUT2D eigenvalue weighted by Crippen LogP contribution is -2.35. The monoisotopic (exact) mass is 253 g/mol. The molecule has 0 aliphatic carbocycles. The van der Waals surface area contributed by atoms with Crippen molar-refractivity contribution in [3.05, 3.63) is 28.7 Å². The number of amides is 2. The lowest BCUT2D eigenvalue weighted by molar-refractivity contribution is 0.254. The molecule has 1 aromatic rings. The molecule has 0 heterocycles. The molecule has 0 saturated heterocycles. The minimum atomic E-state index is -0.631. The number of nitriles is 1. The number of primary amides is 1. The third kappa shape index (κ3) is 2.47. The van der Waals surface area contributed by atoms with Gasteiger partial charge in [-0.1, -0.05) is 15.9 Å². The van der Waals surface area contributed by atoms with Gasteiger partial charge in [-0.15, -0.1) is 0 Å². The van der Waals surface area contributed by atoms with Crippen molar-refractivity contribution in [3.63, 3.8) is 0 Å². The number of nitrogens with zero attached hydrogens (tertiary/aromatic N) is 2. The Labute approximate surface area is 90.0 Å². The van der Waals surface area contributed by atoms with E-state index in [0.29, 0.717) is 5.69 Å². The SMILES string of the molecule is N#CCN(C(N)=O)c1ccc(Br)cc1. The first kappa shape index (κ1) is 10.5. The van der Waals surface area contributed by atoms with Gasteiger partial charge in [0, 0.05) is 10.2 Å². The molecule has 1 rings (SSSR count). The number of urea groups is 1. The number of anilines is 1. The maximum atomic E-state index is 11.0. The molecule has 0 atom stereocenters. The minimum Gasteiger partial charge on any atom is -0.351 e. The van der Waals surface area contributed by atoms with Crippen molar-refractivity contribution in [2.75, 3.05) is 11.4 Å². The maximum absolute atomic E-state index is 11.0. The summed E-state index contributed by atoms with van der Waals surface area (Å²) >= 11 is 3.27. The van der Waals surface area contributed by atoms with E-state index in [1.807, 2.05) is 6.07 Å². The Bertz CT molecular complexity index is 369. The van der Waals surface area contributed by atoms with Gasteiger partial charge in [0.1, 0.15) is 6.54 Å². The Hall–Kier alpha value is -1.54. The van der Waals surface area contributed by atoms with E-state index >= 15 is 0 Å². The average molecular weight is 254 g/mol. The fraction of sp³-hybridized carbons (Fsp3) is 0.111. The Kier molecular flexibility index (Phi) is 3.48. The van der Waals surface area contributed by atoms with Crippen LogP contribution in [0.5, 0.6) is 0 Å². The molecule has 0 aliphatic rings. The highest BCUT2D eigenvalue weighted by Gasteiger charge is 2.10. The van der Waals surface area contributed by atoms with Gasteiger partial charge in [0.15, 0.2) is 0 Å². The molecule has 0 unspecified atom stereocenters. The number of carbonyl (C=O) groups excluding carboxylic acids is 1. The van der Waals surface area contributed by atoms with Crippen LogP contribution in [0.15, 0.2) is 28.7 Å². The quantitative estimate of drug-likeness (QED) is 0.818.